The normalized spacial score (nSPS) is 13.7. The monoisotopic (exact) mass is 407 g/mol. The quantitative estimate of drug-likeness (QED) is 0.620. The van der Waals surface area contributed by atoms with E-state index in [1.165, 1.54) is 30.2 Å². The molecule has 0 saturated carbocycles. The zero-order valence-electron chi connectivity index (χ0n) is 16.8. The number of rotatable bonds is 6. The lowest BCUT2D eigenvalue weighted by Crippen LogP contribution is -2.22. The lowest BCUT2D eigenvalue weighted by Gasteiger charge is -2.18. The molecule has 0 unspecified atom stereocenters. The summed E-state index contributed by atoms with van der Waals surface area (Å²) in [4.78, 5) is 14.7. The standard InChI is InChI=1S/C22H25N5OS/c1-16-5-9-18(10-6-16)23-20(28)15-29-22-25-24-21(26-13-3-4-14-26)27(22)19-11-7-17(2)8-12-19/h5-12H,3-4,13-15H2,1-2H3,(H,23,28). The summed E-state index contributed by atoms with van der Waals surface area (Å²) in [6, 6.07) is 16.1. The Kier molecular flexibility index (Phi) is 5.85. The fourth-order valence-electron chi connectivity index (χ4n) is 3.36. The van der Waals surface area contributed by atoms with Crippen molar-refractivity contribution in [3.8, 4) is 5.69 Å². The lowest BCUT2D eigenvalue weighted by molar-refractivity contribution is -0.113. The number of carbonyl (C=O) groups excluding carboxylic acids is 1. The van der Waals surface area contributed by atoms with Gasteiger partial charge in [0.1, 0.15) is 0 Å². The van der Waals surface area contributed by atoms with E-state index in [-0.39, 0.29) is 11.7 Å². The molecule has 1 fully saturated rings. The smallest absolute Gasteiger partial charge is 0.234 e. The van der Waals surface area contributed by atoms with Crippen molar-refractivity contribution in [3.05, 3.63) is 59.7 Å². The number of nitrogens with one attached hydrogen (secondary N) is 1. The second-order valence-corrected chi connectivity index (χ2v) is 8.29. The lowest BCUT2D eigenvalue weighted by atomic mass is 10.2. The third-order valence-corrected chi connectivity index (χ3v) is 5.89. The van der Waals surface area contributed by atoms with Gasteiger partial charge in [0.2, 0.25) is 11.9 Å². The number of benzene rings is 2. The highest BCUT2D eigenvalue weighted by molar-refractivity contribution is 7.99. The van der Waals surface area contributed by atoms with E-state index in [0.717, 1.165) is 41.1 Å². The van der Waals surface area contributed by atoms with E-state index < -0.39 is 0 Å². The number of thioether (sulfide) groups is 1. The van der Waals surface area contributed by atoms with Gasteiger partial charge >= 0.3 is 0 Å². The van der Waals surface area contributed by atoms with Gasteiger partial charge in [0.25, 0.3) is 0 Å². The molecule has 1 N–H and O–H groups in total. The van der Waals surface area contributed by atoms with Crippen molar-refractivity contribution in [2.75, 3.05) is 29.1 Å². The molecule has 0 radical (unpaired) electrons. The van der Waals surface area contributed by atoms with Gasteiger partial charge in [-0.2, -0.15) is 0 Å². The molecule has 0 spiro atoms. The van der Waals surface area contributed by atoms with Crippen molar-refractivity contribution in [1.29, 1.82) is 0 Å². The van der Waals surface area contributed by atoms with E-state index in [2.05, 4.69) is 56.2 Å². The summed E-state index contributed by atoms with van der Waals surface area (Å²) in [5.41, 5.74) is 4.19. The third kappa shape index (κ3) is 4.62. The highest BCUT2D eigenvalue weighted by Crippen LogP contribution is 2.28. The van der Waals surface area contributed by atoms with Gasteiger partial charge in [-0.15, -0.1) is 10.2 Å². The molecule has 1 aromatic heterocycles. The van der Waals surface area contributed by atoms with Crippen molar-refractivity contribution in [1.82, 2.24) is 14.8 Å². The number of aromatic nitrogens is 3. The van der Waals surface area contributed by atoms with Crippen LogP contribution < -0.4 is 10.2 Å². The maximum absolute atomic E-state index is 12.4. The second kappa shape index (κ2) is 8.69. The number of aryl methyl sites for hydroxylation is 2. The summed E-state index contributed by atoms with van der Waals surface area (Å²) in [5.74, 6) is 1.07. The molecule has 2 aromatic carbocycles. The molecule has 0 atom stereocenters. The number of nitrogens with zero attached hydrogens (tertiary/aromatic N) is 4. The van der Waals surface area contributed by atoms with Crippen molar-refractivity contribution < 1.29 is 4.79 Å². The fourth-order valence-corrected chi connectivity index (χ4v) is 4.11. The molecule has 1 aliphatic heterocycles. The topological polar surface area (TPSA) is 63.1 Å². The maximum Gasteiger partial charge on any atom is 0.234 e. The minimum Gasteiger partial charge on any atom is -0.341 e. The van der Waals surface area contributed by atoms with Crippen molar-refractivity contribution in [2.24, 2.45) is 0 Å². The van der Waals surface area contributed by atoms with Crippen LogP contribution in [0, 0.1) is 13.8 Å². The van der Waals surface area contributed by atoms with Crippen LogP contribution >= 0.6 is 11.8 Å². The predicted molar refractivity (Wildman–Crippen MR) is 118 cm³/mol. The predicted octanol–water partition coefficient (Wildman–Crippen LogP) is 4.22. The van der Waals surface area contributed by atoms with Crippen LogP contribution in [0.15, 0.2) is 53.7 Å². The number of amides is 1. The first kappa shape index (κ1) is 19.5. The highest BCUT2D eigenvalue weighted by Gasteiger charge is 2.22. The van der Waals surface area contributed by atoms with Gasteiger partial charge < -0.3 is 10.2 Å². The summed E-state index contributed by atoms with van der Waals surface area (Å²) in [7, 11) is 0. The first-order valence-corrected chi connectivity index (χ1v) is 10.9. The van der Waals surface area contributed by atoms with Crippen LogP contribution in [0.5, 0.6) is 0 Å². The van der Waals surface area contributed by atoms with Crippen molar-refractivity contribution in [3.63, 3.8) is 0 Å². The average molecular weight is 408 g/mol. The molecular formula is C22H25N5OS. The van der Waals surface area contributed by atoms with E-state index in [4.69, 9.17) is 0 Å². The summed E-state index contributed by atoms with van der Waals surface area (Å²) in [6.07, 6.45) is 2.34. The molecule has 2 heterocycles. The van der Waals surface area contributed by atoms with Gasteiger partial charge in [-0.1, -0.05) is 47.2 Å². The Morgan fingerprint density at radius 1 is 0.966 bits per heavy atom. The molecular weight excluding hydrogens is 382 g/mol. The summed E-state index contributed by atoms with van der Waals surface area (Å²) in [6.45, 7) is 6.07. The van der Waals surface area contributed by atoms with E-state index in [0.29, 0.717) is 0 Å². The Morgan fingerprint density at radius 2 is 1.59 bits per heavy atom. The Bertz CT molecular complexity index is 975. The summed E-state index contributed by atoms with van der Waals surface area (Å²) < 4.78 is 2.06. The number of carbonyl (C=O) groups is 1. The van der Waals surface area contributed by atoms with Gasteiger partial charge in [0.15, 0.2) is 5.16 Å². The molecule has 29 heavy (non-hydrogen) atoms. The molecule has 4 rings (SSSR count). The van der Waals surface area contributed by atoms with Crippen molar-refractivity contribution in [2.45, 2.75) is 31.8 Å². The van der Waals surface area contributed by atoms with Crippen LogP contribution in [0.1, 0.15) is 24.0 Å². The van der Waals surface area contributed by atoms with E-state index in [1.54, 1.807) is 0 Å². The van der Waals surface area contributed by atoms with Gasteiger partial charge in [-0.3, -0.25) is 9.36 Å². The van der Waals surface area contributed by atoms with E-state index in [9.17, 15) is 4.79 Å². The van der Waals surface area contributed by atoms with Crippen LogP contribution in [0.25, 0.3) is 5.69 Å². The molecule has 1 amide bonds. The van der Waals surface area contributed by atoms with Gasteiger partial charge in [0, 0.05) is 18.8 Å². The molecule has 150 valence electrons. The molecule has 0 bridgehead atoms. The van der Waals surface area contributed by atoms with Crippen molar-refractivity contribution >= 4 is 29.3 Å². The molecule has 3 aromatic rings. The number of anilines is 2. The van der Waals surface area contributed by atoms with Crippen LogP contribution in [-0.4, -0.2) is 39.5 Å². The Morgan fingerprint density at radius 3 is 2.24 bits per heavy atom. The number of hydrogen-bond acceptors (Lipinski definition) is 5. The van der Waals surface area contributed by atoms with Gasteiger partial charge in [-0.25, -0.2) is 0 Å². The first-order valence-electron chi connectivity index (χ1n) is 9.87. The van der Waals surface area contributed by atoms with Crippen LogP contribution in [0.4, 0.5) is 11.6 Å². The molecule has 6 nitrogen and oxygen atoms in total. The Hall–Kier alpha value is -2.80. The van der Waals surface area contributed by atoms with E-state index >= 15 is 0 Å². The van der Waals surface area contributed by atoms with Gasteiger partial charge in [0.05, 0.1) is 11.4 Å². The molecule has 1 aliphatic rings. The zero-order valence-corrected chi connectivity index (χ0v) is 17.6. The SMILES string of the molecule is Cc1ccc(NC(=O)CSc2nnc(N3CCCC3)n2-c2ccc(C)cc2)cc1. The Balaban J connectivity index is 1.52. The third-order valence-electron chi connectivity index (χ3n) is 4.97. The highest BCUT2D eigenvalue weighted by atomic mass is 32.2. The van der Waals surface area contributed by atoms with Crippen LogP contribution in [-0.2, 0) is 4.79 Å². The van der Waals surface area contributed by atoms with Gasteiger partial charge in [-0.05, 0) is 51.0 Å². The van der Waals surface area contributed by atoms with E-state index in [1.807, 2.05) is 31.2 Å². The maximum atomic E-state index is 12.4. The first-order chi connectivity index (χ1) is 14.1. The number of hydrogen-bond donors (Lipinski definition) is 1. The summed E-state index contributed by atoms with van der Waals surface area (Å²) in [5, 5.41) is 12.5. The summed E-state index contributed by atoms with van der Waals surface area (Å²) >= 11 is 1.41. The average Bonchev–Trinajstić information content (AvgIpc) is 3.38. The largest absolute Gasteiger partial charge is 0.341 e. The molecule has 1 saturated heterocycles. The second-order valence-electron chi connectivity index (χ2n) is 7.35. The fraction of sp³-hybridized carbons (Fsp3) is 0.318. The zero-order chi connectivity index (χ0) is 20.2. The minimum absolute atomic E-state index is 0.0555. The molecule has 0 aliphatic carbocycles. The van der Waals surface area contributed by atoms with Crippen LogP contribution in [0.2, 0.25) is 0 Å². The molecule has 7 heteroatoms. The Labute approximate surface area is 175 Å². The van der Waals surface area contributed by atoms with Crippen LogP contribution in [0.3, 0.4) is 0 Å². The minimum atomic E-state index is -0.0555.